The molecule has 0 bridgehead atoms. The Morgan fingerprint density at radius 1 is 1.40 bits per heavy atom. The number of carbonyl (C=O) groups excluding carboxylic acids is 1. The number of benzene rings is 1. The summed E-state index contributed by atoms with van der Waals surface area (Å²) in [4.78, 5) is 35.5. The molecule has 1 heterocycles. The van der Waals surface area contributed by atoms with Crippen LogP contribution in [0.3, 0.4) is 0 Å². The van der Waals surface area contributed by atoms with Crippen molar-refractivity contribution in [2.45, 2.75) is 38.6 Å². The van der Waals surface area contributed by atoms with Crippen molar-refractivity contribution in [3.63, 3.8) is 0 Å². The van der Waals surface area contributed by atoms with Crippen LogP contribution in [0.4, 0.5) is 11.4 Å². The van der Waals surface area contributed by atoms with Gasteiger partial charge in [-0.1, -0.05) is 12.5 Å². The highest BCUT2D eigenvalue weighted by Gasteiger charge is 2.28. The minimum atomic E-state index is -0.857. The van der Waals surface area contributed by atoms with E-state index in [4.69, 9.17) is 0 Å². The third kappa shape index (κ3) is 5.68. The van der Waals surface area contributed by atoms with Gasteiger partial charge in [-0.3, -0.25) is 24.6 Å². The third-order valence-electron chi connectivity index (χ3n) is 4.23. The zero-order valence-electron chi connectivity index (χ0n) is 13.9. The highest BCUT2D eigenvalue weighted by atomic mass is 35.5. The van der Waals surface area contributed by atoms with Gasteiger partial charge in [-0.25, -0.2) is 0 Å². The number of nitro groups is 1. The lowest BCUT2D eigenvalue weighted by molar-refractivity contribution is -0.384. The van der Waals surface area contributed by atoms with Crippen LogP contribution >= 0.6 is 12.4 Å². The number of hydrogen-bond acceptors (Lipinski definition) is 5. The van der Waals surface area contributed by atoms with Gasteiger partial charge in [0.15, 0.2) is 0 Å². The molecule has 1 aliphatic rings. The van der Waals surface area contributed by atoms with E-state index in [0.29, 0.717) is 25.2 Å². The number of piperidine rings is 1. The number of hydrogen-bond donors (Lipinski definition) is 2. The molecule has 1 saturated heterocycles. The summed E-state index contributed by atoms with van der Waals surface area (Å²) in [5, 5.41) is 22.7. The molecule has 8 nitrogen and oxygen atoms in total. The van der Waals surface area contributed by atoms with Gasteiger partial charge < -0.3 is 10.4 Å². The number of carboxylic acids is 1. The summed E-state index contributed by atoms with van der Waals surface area (Å²) in [5.74, 6) is -1.14. The van der Waals surface area contributed by atoms with Crippen LogP contribution in [0.15, 0.2) is 18.2 Å². The van der Waals surface area contributed by atoms with Crippen LogP contribution in [0.5, 0.6) is 0 Å². The normalized spacial score (nSPS) is 17.4. The minimum absolute atomic E-state index is 0. The largest absolute Gasteiger partial charge is 0.480 e. The smallest absolute Gasteiger partial charge is 0.320 e. The molecule has 2 N–H and O–H groups in total. The van der Waals surface area contributed by atoms with Crippen molar-refractivity contribution in [2.24, 2.45) is 0 Å². The Morgan fingerprint density at radius 2 is 2.12 bits per heavy atom. The topological polar surface area (TPSA) is 113 Å². The number of aryl methyl sites for hydroxylation is 1. The molecular weight excluding hydrogens is 350 g/mol. The fraction of sp³-hybridized carbons (Fsp3) is 0.500. The molecule has 1 aromatic rings. The summed E-state index contributed by atoms with van der Waals surface area (Å²) in [7, 11) is 0. The molecule has 1 aromatic carbocycles. The summed E-state index contributed by atoms with van der Waals surface area (Å²) in [6, 6.07) is 3.76. The number of nitrogens with one attached hydrogen (secondary N) is 1. The van der Waals surface area contributed by atoms with Gasteiger partial charge in [-0.05, 0) is 31.9 Å². The highest BCUT2D eigenvalue weighted by Crippen LogP contribution is 2.22. The van der Waals surface area contributed by atoms with Crippen LogP contribution in [-0.2, 0) is 9.59 Å². The maximum Gasteiger partial charge on any atom is 0.320 e. The lowest BCUT2D eigenvalue weighted by Crippen LogP contribution is -2.45. The van der Waals surface area contributed by atoms with E-state index in [1.165, 1.54) is 12.1 Å². The second kappa shape index (κ2) is 9.33. The van der Waals surface area contributed by atoms with E-state index in [1.807, 2.05) is 4.90 Å². The van der Waals surface area contributed by atoms with Crippen LogP contribution in [-0.4, -0.2) is 45.9 Å². The first-order chi connectivity index (χ1) is 11.4. The maximum atomic E-state index is 12.1. The first-order valence-corrected chi connectivity index (χ1v) is 7.90. The van der Waals surface area contributed by atoms with Crippen LogP contribution in [0.25, 0.3) is 0 Å². The number of nitrogens with zero attached hydrogens (tertiary/aromatic N) is 2. The molecular formula is C16H22ClN3O5. The van der Waals surface area contributed by atoms with Crippen molar-refractivity contribution in [3.05, 3.63) is 33.9 Å². The lowest BCUT2D eigenvalue weighted by Gasteiger charge is -2.32. The average molecular weight is 372 g/mol. The molecule has 1 atom stereocenters. The zero-order chi connectivity index (χ0) is 17.7. The van der Waals surface area contributed by atoms with Crippen LogP contribution in [0.1, 0.15) is 31.2 Å². The Balaban J connectivity index is 0.00000312. The Kier molecular flexibility index (Phi) is 7.79. The molecule has 1 aliphatic heterocycles. The summed E-state index contributed by atoms with van der Waals surface area (Å²) in [6.07, 6.45) is 2.55. The van der Waals surface area contributed by atoms with E-state index in [9.17, 15) is 24.8 Å². The van der Waals surface area contributed by atoms with Crippen molar-refractivity contribution in [3.8, 4) is 0 Å². The molecule has 1 amide bonds. The molecule has 25 heavy (non-hydrogen) atoms. The monoisotopic (exact) mass is 371 g/mol. The van der Waals surface area contributed by atoms with Crippen LogP contribution in [0, 0.1) is 17.0 Å². The molecule has 0 aromatic heterocycles. The van der Waals surface area contributed by atoms with Gasteiger partial charge >= 0.3 is 5.97 Å². The standard InChI is InChI=1S/C16H21N3O5.ClH/c1-11-5-6-12(19(23)24)10-13(11)17-15(20)7-9-18-8-3-2-4-14(18)16(21)22;/h5-6,10,14H,2-4,7-9H2,1H3,(H,17,20)(H,21,22);1H. The number of anilines is 1. The molecule has 1 fully saturated rings. The predicted octanol–water partition coefficient (Wildman–Crippen LogP) is 2.59. The molecule has 0 spiro atoms. The van der Waals surface area contributed by atoms with E-state index in [2.05, 4.69) is 5.32 Å². The lowest BCUT2D eigenvalue weighted by atomic mass is 10.0. The van der Waals surface area contributed by atoms with Crippen molar-refractivity contribution in [1.82, 2.24) is 4.90 Å². The summed E-state index contributed by atoms with van der Waals surface area (Å²) < 4.78 is 0. The number of rotatable bonds is 6. The summed E-state index contributed by atoms with van der Waals surface area (Å²) in [6.45, 7) is 2.78. The van der Waals surface area contributed by atoms with Crippen molar-refractivity contribution in [2.75, 3.05) is 18.4 Å². The summed E-state index contributed by atoms with van der Waals surface area (Å²) >= 11 is 0. The van der Waals surface area contributed by atoms with E-state index >= 15 is 0 Å². The van der Waals surface area contributed by atoms with Crippen LogP contribution in [0.2, 0.25) is 0 Å². The van der Waals surface area contributed by atoms with E-state index in [0.717, 1.165) is 18.4 Å². The number of likely N-dealkylation sites (tertiary alicyclic amines) is 1. The Hall–Kier alpha value is -2.19. The van der Waals surface area contributed by atoms with Gasteiger partial charge in [0.2, 0.25) is 5.91 Å². The van der Waals surface area contributed by atoms with Gasteiger partial charge in [0, 0.05) is 25.1 Å². The average Bonchev–Trinajstić information content (AvgIpc) is 2.55. The van der Waals surface area contributed by atoms with E-state index < -0.39 is 16.9 Å². The Morgan fingerprint density at radius 3 is 2.76 bits per heavy atom. The fourth-order valence-corrected chi connectivity index (χ4v) is 2.85. The maximum absolute atomic E-state index is 12.1. The fourth-order valence-electron chi connectivity index (χ4n) is 2.85. The number of amides is 1. The zero-order valence-corrected chi connectivity index (χ0v) is 14.8. The highest BCUT2D eigenvalue weighted by molar-refractivity contribution is 5.92. The molecule has 0 saturated carbocycles. The first kappa shape index (κ1) is 20.9. The molecule has 138 valence electrons. The third-order valence-corrected chi connectivity index (χ3v) is 4.23. The van der Waals surface area contributed by atoms with Gasteiger partial charge in [0.1, 0.15) is 6.04 Å². The predicted molar refractivity (Wildman–Crippen MR) is 95.2 cm³/mol. The SMILES string of the molecule is Cc1ccc([N+](=O)[O-])cc1NC(=O)CCN1CCCCC1C(=O)O.Cl. The second-order valence-electron chi connectivity index (χ2n) is 5.94. The molecule has 9 heteroatoms. The molecule has 0 aliphatic carbocycles. The molecule has 0 radical (unpaired) electrons. The van der Waals surface area contributed by atoms with Crippen molar-refractivity contribution in [1.29, 1.82) is 0 Å². The second-order valence-corrected chi connectivity index (χ2v) is 5.94. The van der Waals surface area contributed by atoms with Gasteiger partial charge in [0.05, 0.1) is 10.6 Å². The van der Waals surface area contributed by atoms with E-state index in [1.54, 1.807) is 13.0 Å². The Labute approximate surface area is 151 Å². The number of halogens is 1. The first-order valence-electron chi connectivity index (χ1n) is 7.90. The number of aliphatic carboxylic acids is 1. The Bertz CT molecular complexity index is 653. The van der Waals surface area contributed by atoms with E-state index in [-0.39, 0.29) is 30.4 Å². The van der Waals surface area contributed by atoms with Gasteiger partial charge in [-0.15, -0.1) is 12.4 Å². The van der Waals surface area contributed by atoms with Crippen molar-refractivity contribution < 1.29 is 19.6 Å². The number of non-ortho nitro benzene ring substituents is 1. The number of carboxylic acid groups (broad SMARTS) is 1. The number of carbonyl (C=O) groups is 2. The quantitative estimate of drug-likeness (QED) is 0.587. The van der Waals surface area contributed by atoms with Gasteiger partial charge in [-0.2, -0.15) is 0 Å². The minimum Gasteiger partial charge on any atom is -0.480 e. The van der Waals surface area contributed by atoms with Crippen LogP contribution < -0.4 is 5.32 Å². The summed E-state index contributed by atoms with van der Waals surface area (Å²) in [5.41, 5.74) is 1.05. The molecule has 2 rings (SSSR count). The van der Waals surface area contributed by atoms with Crippen molar-refractivity contribution >= 4 is 35.7 Å². The molecule has 1 unspecified atom stereocenters. The number of nitro benzene ring substituents is 1. The van der Waals surface area contributed by atoms with Gasteiger partial charge in [0.25, 0.3) is 5.69 Å².